The van der Waals surface area contributed by atoms with E-state index in [2.05, 4.69) is 5.32 Å². The third kappa shape index (κ3) is 3.27. The van der Waals surface area contributed by atoms with Crippen LogP contribution in [0.5, 0.6) is 11.5 Å². The summed E-state index contributed by atoms with van der Waals surface area (Å²) in [7, 11) is 0. The second-order valence-electron chi connectivity index (χ2n) is 5.66. The Bertz CT molecular complexity index is 966. The Balaban J connectivity index is 2.05. The third-order valence-corrected chi connectivity index (χ3v) is 4.65. The number of phenols is 2. The number of aromatic hydroxyl groups is 2. The maximum atomic E-state index is 12.7. The molecule has 1 fully saturated rings. The van der Waals surface area contributed by atoms with E-state index in [1.54, 1.807) is 24.3 Å². The van der Waals surface area contributed by atoms with Gasteiger partial charge in [0.15, 0.2) is 0 Å². The normalized spacial score (nSPS) is 16.2. The van der Waals surface area contributed by atoms with Crippen LogP contribution in [0.4, 0.5) is 10.5 Å². The molecule has 0 spiro atoms. The molecule has 0 unspecified atom stereocenters. The van der Waals surface area contributed by atoms with Gasteiger partial charge in [-0.1, -0.05) is 17.7 Å². The predicted octanol–water partition coefficient (Wildman–Crippen LogP) is 2.68. The summed E-state index contributed by atoms with van der Waals surface area (Å²) >= 11 is 1.85. The van der Waals surface area contributed by atoms with E-state index in [4.69, 9.17) is 0 Å². The Hall–Kier alpha value is -2.88. The van der Waals surface area contributed by atoms with Gasteiger partial charge in [-0.05, 0) is 53.8 Å². The number of barbiturate groups is 1. The number of benzene rings is 2. The molecule has 0 saturated carbocycles. The first kappa shape index (κ1) is 17.9. The molecule has 0 atom stereocenters. The molecule has 1 heterocycles. The van der Waals surface area contributed by atoms with Crippen molar-refractivity contribution in [1.29, 1.82) is 0 Å². The molecular formula is C18H13IN2O5. The van der Waals surface area contributed by atoms with Crippen LogP contribution in [0.3, 0.4) is 0 Å². The molecule has 0 bridgehead atoms. The molecule has 4 amide bonds. The molecule has 3 N–H and O–H groups in total. The van der Waals surface area contributed by atoms with Crippen molar-refractivity contribution < 1.29 is 24.6 Å². The highest BCUT2D eigenvalue weighted by molar-refractivity contribution is 14.1. The summed E-state index contributed by atoms with van der Waals surface area (Å²) in [5.74, 6) is -2.08. The Morgan fingerprint density at radius 3 is 2.35 bits per heavy atom. The molecule has 1 aliphatic heterocycles. The summed E-state index contributed by atoms with van der Waals surface area (Å²) in [6, 6.07) is 8.37. The van der Waals surface area contributed by atoms with Crippen molar-refractivity contribution in [1.82, 2.24) is 5.32 Å². The van der Waals surface area contributed by atoms with E-state index in [1.807, 2.05) is 29.5 Å². The number of imide groups is 2. The average Bonchev–Trinajstić information content (AvgIpc) is 2.57. The van der Waals surface area contributed by atoms with Crippen LogP contribution in [0.2, 0.25) is 0 Å². The Labute approximate surface area is 162 Å². The van der Waals surface area contributed by atoms with E-state index in [0.717, 1.165) is 16.5 Å². The lowest BCUT2D eigenvalue weighted by molar-refractivity contribution is -0.122. The predicted molar refractivity (Wildman–Crippen MR) is 103 cm³/mol. The quantitative estimate of drug-likeness (QED) is 0.360. The van der Waals surface area contributed by atoms with E-state index in [-0.39, 0.29) is 22.6 Å². The Kier molecular flexibility index (Phi) is 4.68. The first-order valence-corrected chi connectivity index (χ1v) is 8.55. The third-order valence-electron chi connectivity index (χ3n) is 3.79. The molecule has 0 aliphatic carbocycles. The van der Waals surface area contributed by atoms with Gasteiger partial charge in [0.25, 0.3) is 11.8 Å². The topological polar surface area (TPSA) is 107 Å². The maximum absolute atomic E-state index is 12.7. The molecule has 2 aromatic rings. The van der Waals surface area contributed by atoms with Gasteiger partial charge in [-0.25, -0.2) is 9.69 Å². The number of phenolic OH excluding ortho intramolecular Hbond substituents is 2. The molecule has 0 radical (unpaired) electrons. The highest BCUT2D eigenvalue weighted by Gasteiger charge is 2.36. The fraction of sp³-hybridized carbons (Fsp3) is 0.0556. The van der Waals surface area contributed by atoms with Crippen molar-refractivity contribution in [3.8, 4) is 11.5 Å². The SMILES string of the molecule is Cc1ccc(N2C(=O)NC(=O)/C(=C\c3cc(I)c(O)cc3O)C2=O)cc1. The molecule has 132 valence electrons. The van der Waals surface area contributed by atoms with E-state index < -0.39 is 17.8 Å². The zero-order chi connectivity index (χ0) is 19.0. The van der Waals surface area contributed by atoms with E-state index in [9.17, 15) is 24.6 Å². The van der Waals surface area contributed by atoms with E-state index >= 15 is 0 Å². The summed E-state index contributed by atoms with van der Waals surface area (Å²) in [6.07, 6.45) is 1.18. The van der Waals surface area contributed by atoms with E-state index in [1.165, 1.54) is 12.1 Å². The number of anilines is 1. The van der Waals surface area contributed by atoms with Crippen LogP contribution in [0.15, 0.2) is 42.0 Å². The standard InChI is InChI=1S/C18H13IN2O5/c1-9-2-4-11(5-3-9)21-17(25)12(16(24)20-18(21)26)6-10-7-13(19)15(23)8-14(10)22/h2-8,22-23H,1H3,(H,20,24,26)/b12-6+. The number of hydrogen-bond donors (Lipinski definition) is 3. The van der Waals surface area contributed by atoms with Gasteiger partial charge in [0.1, 0.15) is 17.1 Å². The average molecular weight is 464 g/mol. The highest BCUT2D eigenvalue weighted by Crippen LogP contribution is 2.31. The zero-order valence-corrected chi connectivity index (χ0v) is 15.6. The molecule has 2 aromatic carbocycles. The fourth-order valence-electron chi connectivity index (χ4n) is 2.42. The summed E-state index contributed by atoms with van der Waals surface area (Å²) < 4.78 is 0.433. The van der Waals surface area contributed by atoms with Crippen molar-refractivity contribution in [2.24, 2.45) is 0 Å². The second kappa shape index (κ2) is 6.79. The van der Waals surface area contributed by atoms with Crippen molar-refractivity contribution in [3.63, 3.8) is 0 Å². The molecule has 26 heavy (non-hydrogen) atoms. The van der Waals surface area contributed by atoms with E-state index in [0.29, 0.717) is 9.26 Å². The van der Waals surface area contributed by atoms with Crippen LogP contribution in [0.1, 0.15) is 11.1 Å². The van der Waals surface area contributed by atoms with Gasteiger partial charge in [-0.15, -0.1) is 0 Å². The Morgan fingerprint density at radius 1 is 1.04 bits per heavy atom. The number of nitrogens with one attached hydrogen (secondary N) is 1. The number of halogens is 1. The zero-order valence-electron chi connectivity index (χ0n) is 13.5. The lowest BCUT2D eigenvalue weighted by atomic mass is 10.1. The molecule has 1 aliphatic rings. The fourth-order valence-corrected chi connectivity index (χ4v) is 2.91. The van der Waals surface area contributed by atoms with Crippen molar-refractivity contribution in [2.45, 2.75) is 6.92 Å². The first-order chi connectivity index (χ1) is 12.3. The van der Waals surface area contributed by atoms with Gasteiger partial charge >= 0.3 is 6.03 Å². The number of amides is 4. The van der Waals surface area contributed by atoms with Crippen LogP contribution in [-0.4, -0.2) is 28.1 Å². The monoisotopic (exact) mass is 464 g/mol. The second-order valence-corrected chi connectivity index (χ2v) is 6.82. The van der Waals surface area contributed by atoms with Gasteiger partial charge in [0, 0.05) is 11.6 Å². The first-order valence-electron chi connectivity index (χ1n) is 7.47. The number of rotatable bonds is 2. The van der Waals surface area contributed by atoms with Gasteiger partial charge in [-0.2, -0.15) is 0 Å². The van der Waals surface area contributed by atoms with Crippen LogP contribution in [0.25, 0.3) is 6.08 Å². The number of urea groups is 1. The number of nitrogens with zero attached hydrogens (tertiary/aromatic N) is 1. The Morgan fingerprint density at radius 2 is 1.69 bits per heavy atom. The minimum Gasteiger partial charge on any atom is -0.507 e. The highest BCUT2D eigenvalue weighted by atomic mass is 127. The van der Waals surface area contributed by atoms with Crippen LogP contribution >= 0.6 is 22.6 Å². The summed E-state index contributed by atoms with van der Waals surface area (Å²) in [4.78, 5) is 37.9. The molecule has 1 saturated heterocycles. The molecule has 0 aromatic heterocycles. The largest absolute Gasteiger partial charge is 0.507 e. The lowest BCUT2D eigenvalue weighted by Gasteiger charge is -2.26. The maximum Gasteiger partial charge on any atom is 0.335 e. The van der Waals surface area contributed by atoms with Crippen LogP contribution in [-0.2, 0) is 9.59 Å². The molecule has 8 heteroatoms. The van der Waals surface area contributed by atoms with Gasteiger partial charge in [0.05, 0.1) is 9.26 Å². The van der Waals surface area contributed by atoms with Crippen LogP contribution in [0, 0.1) is 10.5 Å². The van der Waals surface area contributed by atoms with Crippen molar-refractivity contribution in [2.75, 3.05) is 4.90 Å². The summed E-state index contributed by atoms with van der Waals surface area (Å²) in [5.41, 5.74) is 1.14. The minimum absolute atomic E-state index is 0.124. The molecule has 7 nitrogen and oxygen atoms in total. The number of hydrogen-bond acceptors (Lipinski definition) is 5. The van der Waals surface area contributed by atoms with Gasteiger partial charge in [-0.3, -0.25) is 14.9 Å². The minimum atomic E-state index is -0.856. The summed E-state index contributed by atoms with van der Waals surface area (Å²) in [6.45, 7) is 1.87. The number of carbonyl (C=O) groups is 3. The number of aryl methyl sites for hydroxylation is 1. The van der Waals surface area contributed by atoms with Crippen LogP contribution < -0.4 is 10.2 Å². The van der Waals surface area contributed by atoms with Crippen molar-refractivity contribution in [3.05, 3.63) is 56.7 Å². The van der Waals surface area contributed by atoms with Crippen molar-refractivity contribution >= 4 is 52.2 Å². The number of carbonyl (C=O) groups excluding carboxylic acids is 3. The molecular weight excluding hydrogens is 451 g/mol. The van der Waals surface area contributed by atoms with Gasteiger partial charge < -0.3 is 10.2 Å². The summed E-state index contributed by atoms with van der Waals surface area (Å²) in [5, 5.41) is 21.7. The van der Waals surface area contributed by atoms with Gasteiger partial charge in [0.2, 0.25) is 0 Å². The molecule has 3 rings (SSSR count). The smallest absolute Gasteiger partial charge is 0.335 e. The lowest BCUT2D eigenvalue weighted by Crippen LogP contribution is -2.54.